The van der Waals surface area contributed by atoms with Gasteiger partial charge >= 0.3 is 23.9 Å². The second kappa shape index (κ2) is 28.1. The molecule has 300 valence electrons. The van der Waals surface area contributed by atoms with Gasteiger partial charge in [0.05, 0.1) is 12.2 Å². The summed E-state index contributed by atoms with van der Waals surface area (Å²) >= 11 is 0. The Morgan fingerprint density at radius 3 is 1.56 bits per heavy atom. The van der Waals surface area contributed by atoms with Gasteiger partial charge < -0.3 is 23.7 Å². The van der Waals surface area contributed by atoms with Gasteiger partial charge in [-0.1, -0.05) is 116 Å². The number of carbonyl (C=O) groups excluding carboxylic acids is 4. The molecule has 0 N–H and O–H groups in total. The van der Waals surface area contributed by atoms with E-state index in [1.807, 2.05) is 13.0 Å². The smallest absolute Gasteiger partial charge is 0.334 e. The third kappa shape index (κ3) is 21.3. The Kier molecular flexibility index (Phi) is 24.7. The zero-order chi connectivity index (χ0) is 38.0. The number of esters is 4. The lowest BCUT2D eigenvalue weighted by molar-refractivity contribution is -0.167. The first-order valence-corrected chi connectivity index (χ1v) is 21.2. The second-order valence-corrected chi connectivity index (χ2v) is 15.4. The van der Waals surface area contributed by atoms with Gasteiger partial charge in [0.2, 0.25) is 0 Å². The largest absolute Gasteiger partial charge is 0.462 e. The third-order valence-electron chi connectivity index (χ3n) is 10.4. The van der Waals surface area contributed by atoms with Gasteiger partial charge in [0, 0.05) is 32.8 Å². The van der Waals surface area contributed by atoms with E-state index in [0.717, 1.165) is 69.8 Å². The third-order valence-corrected chi connectivity index (χ3v) is 10.4. The summed E-state index contributed by atoms with van der Waals surface area (Å²) < 4.78 is 28.9. The van der Waals surface area contributed by atoms with Crippen molar-refractivity contribution in [1.29, 1.82) is 0 Å². The number of cyclic esters (lactones) is 1. The lowest BCUT2D eigenvalue weighted by Gasteiger charge is -2.29. The van der Waals surface area contributed by atoms with Crippen molar-refractivity contribution in [3.05, 3.63) is 11.6 Å². The highest BCUT2D eigenvalue weighted by Gasteiger charge is 2.39. The van der Waals surface area contributed by atoms with Crippen LogP contribution >= 0.6 is 0 Å². The maximum Gasteiger partial charge on any atom is 0.334 e. The zero-order valence-electron chi connectivity index (χ0n) is 33.6. The molecular weight excluding hydrogens is 660 g/mol. The molecule has 0 aromatic heterocycles. The van der Waals surface area contributed by atoms with Crippen molar-refractivity contribution in [3.8, 4) is 0 Å². The minimum absolute atomic E-state index is 0.0783. The molecule has 0 bridgehead atoms. The lowest BCUT2D eigenvalue weighted by Crippen LogP contribution is -2.37. The van der Waals surface area contributed by atoms with E-state index in [2.05, 4.69) is 6.92 Å². The average Bonchev–Trinajstić information content (AvgIpc) is 3.70. The van der Waals surface area contributed by atoms with Crippen LogP contribution in [0.5, 0.6) is 0 Å². The first-order chi connectivity index (χ1) is 25.1. The van der Waals surface area contributed by atoms with Crippen molar-refractivity contribution >= 4 is 23.9 Å². The molecule has 1 fully saturated rings. The van der Waals surface area contributed by atoms with Crippen molar-refractivity contribution in [3.63, 3.8) is 0 Å². The average molecular weight is 735 g/mol. The van der Waals surface area contributed by atoms with Gasteiger partial charge in [-0.15, -0.1) is 0 Å². The van der Waals surface area contributed by atoms with Crippen molar-refractivity contribution in [2.45, 2.75) is 238 Å². The lowest BCUT2D eigenvalue weighted by atomic mass is 9.98. The van der Waals surface area contributed by atoms with Crippen LogP contribution in [0.25, 0.3) is 0 Å². The minimum atomic E-state index is -0.533. The van der Waals surface area contributed by atoms with Gasteiger partial charge in [0.1, 0.15) is 24.4 Å². The summed E-state index contributed by atoms with van der Waals surface area (Å²) in [5.74, 6) is -1.17. The van der Waals surface area contributed by atoms with E-state index in [9.17, 15) is 19.2 Å². The van der Waals surface area contributed by atoms with Gasteiger partial charge in [0.15, 0.2) is 0 Å². The molecule has 0 saturated carbocycles. The molecule has 0 unspecified atom stereocenters. The van der Waals surface area contributed by atoms with Crippen LogP contribution in [0.15, 0.2) is 11.6 Å². The molecule has 0 spiro atoms. The van der Waals surface area contributed by atoms with E-state index in [1.165, 1.54) is 104 Å². The van der Waals surface area contributed by atoms with E-state index >= 15 is 0 Å². The van der Waals surface area contributed by atoms with Crippen LogP contribution in [0.1, 0.15) is 202 Å². The maximum absolute atomic E-state index is 12.2. The summed E-state index contributed by atoms with van der Waals surface area (Å²) in [5.41, 5.74) is 0.838. The van der Waals surface area contributed by atoms with Crippen molar-refractivity contribution in [1.82, 2.24) is 0 Å². The van der Waals surface area contributed by atoms with E-state index < -0.39 is 6.10 Å². The fourth-order valence-electron chi connectivity index (χ4n) is 7.73. The molecule has 2 aliphatic heterocycles. The van der Waals surface area contributed by atoms with Crippen LogP contribution in [0.4, 0.5) is 0 Å². The van der Waals surface area contributed by atoms with Crippen LogP contribution in [-0.2, 0) is 42.9 Å². The topological polar surface area (TPSA) is 114 Å². The van der Waals surface area contributed by atoms with Gasteiger partial charge in [-0.25, -0.2) is 4.79 Å². The van der Waals surface area contributed by atoms with Gasteiger partial charge in [-0.05, 0) is 64.4 Å². The summed E-state index contributed by atoms with van der Waals surface area (Å²) in [4.78, 5) is 47.9. The van der Waals surface area contributed by atoms with Crippen LogP contribution in [-0.4, -0.2) is 60.5 Å². The number of unbranched alkanes of at least 4 members (excludes halogenated alkanes) is 18. The standard InChI is InChI=1S/C43H74O9/c1-6-7-8-9-10-11-16-19-22-25-28-39(50-35(4)45)40-29-30-41(52-40)42(51-36(5)46)32-38(49-34(3)44)27-24-21-18-15-13-12-14-17-20-23-26-37-31-33(2)48-43(37)47/h31,33,38-42H,6-30,32H2,1-5H3/t33-,38+,39-,40+,41+,42+/m0/s1. The molecule has 0 aromatic carbocycles. The summed E-state index contributed by atoms with van der Waals surface area (Å²) in [6.45, 7) is 8.42. The monoisotopic (exact) mass is 735 g/mol. The fourth-order valence-corrected chi connectivity index (χ4v) is 7.73. The first-order valence-electron chi connectivity index (χ1n) is 21.2. The normalized spacial score (nSPS) is 20.2. The number of hydrogen-bond donors (Lipinski definition) is 0. The van der Waals surface area contributed by atoms with E-state index in [4.69, 9.17) is 23.7 Å². The van der Waals surface area contributed by atoms with Crippen molar-refractivity contribution in [2.75, 3.05) is 0 Å². The zero-order valence-corrected chi connectivity index (χ0v) is 33.6. The molecule has 52 heavy (non-hydrogen) atoms. The van der Waals surface area contributed by atoms with Crippen LogP contribution in [0.2, 0.25) is 0 Å². The molecule has 2 aliphatic rings. The molecule has 6 atom stereocenters. The van der Waals surface area contributed by atoms with Crippen LogP contribution < -0.4 is 0 Å². The molecular formula is C43H74O9. The Morgan fingerprint density at radius 1 is 0.635 bits per heavy atom. The predicted octanol–water partition coefficient (Wildman–Crippen LogP) is 10.6. The SMILES string of the molecule is CCCCCCCCCCCC[C@H](OC(C)=O)[C@H]1CC[C@H]([C@@H](C[C@@H](CCCCCCCCCCCCC2=C[C@H](C)OC2=O)OC(C)=O)OC(C)=O)O1. The number of rotatable bonds is 31. The number of carbonyl (C=O) groups is 4. The second-order valence-electron chi connectivity index (χ2n) is 15.4. The molecule has 0 aromatic rings. The summed E-state index contributed by atoms with van der Waals surface area (Å²) in [5, 5.41) is 0. The Morgan fingerprint density at radius 2 is 1.08 bits per heavy atom. The Labute approximate surface area is 316 Å². The summed E-state index contributed by atoms with van der Waals surface area (Å²) in [6.07, 6.45) is 28.0. The van der Waals surface area contributed by atoms with Crippen LogP contribution in [0, 0.1) is 0 Å². The summed E-state index contributed by atoms with van der Waals surface area (Å²) in [7, 11) is 0. The van der Waals surface area contributed by atoms with E-state index in [0.29, 0.717) is 19.3 Å². The molecule has 9 heteroatoms. The van der Waals surface area contributed by atoms with Gasteiger partial charge in [-0.2, -0.15) is 0 Å². The highest BCUT2D eigenvalue weighted by atomic mass is 16.6. The molecule has 0 amide bonds. The Hall–Kier alpha value is -2.42. The van der Waals surface area contributed by atoms with Gasteiger partial charge in [-0.3, -0.25) is 14.4 Å². The van der Waals surface area contributed by atoms with E-state index in [1.54, 1.807) is 0 Å². The quantitative estimate of drug-likeness (QED) is 0.0390. The highest BCUT2D eigenvalue weighted by molar-refractivity contribution is 5.90. The molecule has 0 aliphatic carbocycles. The highest BCUT2D eigenvalue weighted by Crippen LogP contribution is 2.32. The predicted molar refractivity (Wildman–Crippen MR) is 205 cm³/mol. The van der Waals surface area contributed by atoms with Crippen LogP contribution in [0.3, 0.4) is 0 Å². The fraction of sp³-hybridized carbons (Fsp3) is 0.860. The Balaban J connectivity index is 1.70. The van der Waals surface area contributed by atoms with Gasteiger partial charge in [0.25, 0.3) is 0 Å². The number of ether oxygens (including phenoxy) is 5. The molecule has 1 saturated heterocycles. The van der Waals surface area contributed by atoms with Crippen molar-refractivity contribution < 1.29 is 42.9 Å². The number of hydrogen-bond acceptors (Lipinski definition) is 9. The molecule has 2 rings (SSSR count). The maximum atomic E-state index is 12.2. The van der Waals surface area contributed by atoms with Crippen molar-refractivity contribution in [2.24, 2.45) is 0 Å². The first kappa shape index (κ1) is 45.7. The molecule has 9 nitrogen and oxygen atoms in total. The molecule has 2 heterocycles. The Bertz CT molecular complexity index is 1040. The molecule has 0 radical (unpaired) electrons. The summed E-state index contributed by atoms with van der Waals surface area (Å²) in [6, 6.07) is 0. The van der Waals surface area contributed by atoms with E-state index in [-0.39, 0.29) is 54.4 Å². The minimum Gasteiger partial charge on any atom is -0.462 e.